The zero-order chi connectivity index (χ0) is 15.3. The number of amides is 1. The summed E-state index contributed by atoms with van der Waals surface area (Å²) in [4.78, 5) is 18.0. The highest BCUT2D eigenvalue weighted by Crippen LogP contribution is 2.36. The first-order chi connectivity index (χ1) is 10.1. The van der Waals surface area contributed by atoms with Gasteiger partial charge in [0.2, 0.25) is 5.91 Å². The summed E-state index contributed by atoms with van der Waals surface area (Å²) >= 11 is 0. The molecule has 2 rings (SSSR count). The highest BCUT2D eigenvalue weighted by atomic mass is 127. The van der Waals surface area contributed by atoms with Gasteiger partial charge in [-0.3, -0.25) is 9.79 Å². The van der Waals surface area contributed by atoms with Crippen LogP contribution in [-0.4, -0.2) is 49.5 Å². The first-order valence-electron chi connectivity index (χ1n) is 8.31. The number of hydrogen-bond acceptors (Lipinski definition) is 2. The van der Waals surface area contributed by atoms with Gasteiger partial charge in [0.25, 0.3) is 0 Å². The van der Waals surface area contributed by atoms with Crippen molar-refractivity contribution in [3.05, 3.63) is 0 Å². The van der Waals surface area contributed by atoms with Gasteiger partial charge in [0, 0.05) is 39.1 Å². The number of rotatable bonds is 4. The second-order valence-corrected chi connectivity index (χ2v) is 6.77. The second-order valence-electron chi connectivity index (χ2n) is 6.77. The quantitative estimate of drug-likeness (QED) is 0.416. The van der Waals surface area contributed by atoms with Crippen LogP contribution in [0.3, 0.4) is 0 Å². The molecule has 1 saturated carbocycles. The van der Waals surface area contributed by atoms with E-state index in [1.54, 1.807) is 0 Å². The van der Waals surface area contributed by atoms with Gasteiger partial charge in [-0.25, -0.2) is 0 Å². The Morgan fingerprint density at radius 3 is 2.64 bits per heavy atom. The summed E-state index contributed by atoms with van der Waals surface area (Å²) in [7, 11) is 1.82. The number of hydrogen-bond donors (Lipinski definition) is 2. The SMILES string of the molecule is CCC(=O)N1CCC(NC(=NC)NCC2(C)CCCC2)C1.I. The van der Waals surface area contributed by atoms with Crippen molar-refractivity contribution in [2.45, 2.75) is 58.4 Å². The van der Waals surface area contributed by atoms with E-state index in [1.165, 1.54) is 25.7 Å². The Balaban J connectivity index is 0.00000242. The molecule has 1 heterocycles. The molecule has 2 N–H and O–H groups in total. The third kappa shape index (κ3) is 5.28. The zero-order valence-electron chi connectivity index (χ0n) is 14.2. The minimum absolute atomic E-state index is 0. The largest absolute Gasteiger partial charge is 0.356 e. The van der Waals surface area contributed by atoms with E-state index in [9.17, 15) is 4.79 Å². The van der Waals surface area contributed by atoms with Crippen LogP contribution >= 0.6 is 24.0 Å². The fourth-order valence-electron chi connectivity index (χ4n) is 3.42. The number of aliphatic imine (C=N–C) groups is 1. The Morgan fingerprint density at radius 1 is 1.36 bits per heavy atom. The molecule has 2 fully saturated rings. The number of carbonyl (C=O) groups is 1. The summed E-state index contributed by atoms with van der Waals surface area (Å²) in [6.45, 7) is 6.92. The zero-order valence-corrected chi connectivity index (χ0v) is 16.5. The van der Waals surface area contributed by atoms with Crippen molar-refractivity contribution in [1.82, 2.24) is 15.5 Å². The highest BCUT2D eigenvalue weighted by Gasteiger charge is 2.29. The van der Waals surface area contributed by atoms with Gasteiger partial charge < -0.3 is 15.5 Å². The fraction of sp³-hybridized carbons (Fsp3) is 0.875. The van der Waals surface area contributed by atoms with Gasteiger partial charge in [0.15, 0.2) is 5.96 Å². The lowest BCUT2D eigenvalue weighted by atomic mass is 9.89. The van der Waals surface area contributed by atoms with Crippen LogP contribution in [-0.2, 0) is 4.79 Å². The Bertz CT molecular complexity index is 394. The molecule has 1 amide bonds. The van der Waals surface area contributed by atoms with Crippen LogP contribution in [0.15, 0.2) is 4.99 Å². The van der Waals surface area contributed by atoms with Crippen molar-refractivity contribution >= 4 is 35.8 Å². The molecule has 22 heavy (non-hydrogen) atoms. The molecule has 0 aromatic heterocycles. The molecule has 1 aliphatic heterocycles. The number of halogens is 1. The van der Waals surface area contributed by atoms with Crippen molar-refractivity contribution in [3.8, 4) is 0 Å². The lowest BCUT2D eigenvalue weighted by Crippen LogP contribution is -2.47. The molecule has 5 nitrogen and oxygen atoms in total. The molecule has 128 valence electrons. The number of nitrogens with zero attached hydrogens (tertiary/aromatic N) is 2. The van der Waals surface area contributed by atoms with Gasteiger partial charge in [-0.1, -0.05) is 26.7 Å². The summed E-state index contributed by atoms with van der Waals surface area (Å²) in [6, 6.07) is 0.322. The van der Waals surface area contributed by atoms with Crippen molar-refractivity contribution in [3.63, 3.8) is 0 Å². The molecule has 1 unspecified atom stereocenters. The van der Waals surface area contributed by atoms with E-state index in [4.69, 9.17) is 0 Å². The fourth-order valence-corrected chi connectivity index (χ4v) is 3.42. The van der Waals surface area contributed by atoms with Crippen LogP contribution in [0.2, 0.25) is 0 Å². The van der Waals surface area contributed by atoms with Gasteiger partial charge in [-0.15, -0.1) is 24.0 Å². The van der Waals surface area contributed by atoms with Crippen LogP contribution in [0.4, 0.5) is 0 Å². The van der Waals surface area contributed by atoms with Gasteiger partial charge in [-0.05, 0) is 24.7 Å². The van der Waals surface area contributed by atoms with Gasteiger partial charge >= 0.3 is 0 Å². The summed E-state index contributed by atoms with van der Waals surface area (Å²) in [5, 5.41) is 6.93. The van der Waals surface area contributed by atoms with E-state index in [0.717, 1.165) is 32.0 Å². The van der Waals surface area contributed by atoms with Crippen molar-refractivity contribution < 1.29 is 4.79 Å². The first-order valence-corrected chi connectivity index (χ1v) is 8.31. The van der Waals surface area contributed by atoms with Crippen LogP contribution in [0.5, 0.6) is 0 Å². The maximum Gasteiger partial charge on any atom is 0.222 e. The highest BCUT2D eigenvalue weighted by molar-refractivity contribution is 14.0. The maximum atomic E-state index is 11.7. The van der Waals surface area contributed by atoms with Crippen molar-refractivity contribution in [2.24, 2.45) is 10.4 Å². The van der Waals surface area contributed by atoms with E-state index in [0.29, 0.717) is 17.9 Å². The summed E-state index contributed by atoms with van der Waals surface area (Å²) in [6.07, 6.45) is 6.90. The predicted octanol–water partition coefficient (Wildman–Crippen LogP) is 2.36. The maximum absolute atomic E-state index is 11.7. The normalized spacial score (nSPS) is 24.0. The standard InChI is InChI=1S/C16H30N4O.HI/c1-4-14(21)20-10-7-13(11-20)19-15(17-3)18-12-16(2)8-5-6-9-16;/h13H,4-12H2,1-3H3,(H2,17,18,19);1H. The molecule has 0 bridgehead atoms. The van der Waals surface area contributed by atoms with Crippen molar-refractivity contribution in [1.29, 1.82) is 0 Å². The number of nitrogens with one attached hydrogen (secondary N) is 2. The lowest BCUT2D eigenvalue weighted by Gasteiger charge is -2.26. The molecule has 0 radical (unpaired) electrons. The smallest absolute Gasteiger partial charge is 0.222 e. The summed E-state index contributed by atoms with van der Waals surface area (Å²) < 4.78 is 0. The van der Waals surface area contributed by atoms with E-state index in [2.05, 4.69) is 22.5 Å². The molecule has 1 atom stereocenters. The third-order valence-electron chi connectivity index (χ3n) is 4.90. The Hall–Kier alpha value is -0.530. The number of likely N-dealkylation sites (tertiary alicyclic amines) is 1. The average Bonchev–Trinajstić information content (AvgIpc) is 3.12. The Kier molecular flexibility index (Phi) is 7.93. The van der Waals surface area contributed by atoms with Gasteiger partial charge in [0.05, 0.1) is 0 Å². The van der Waals surface area contributed by atoms with Crippen LogP contribution in [0, 0.1) is 5.41 Å². The molecule has 1 saturated heterocycles. The first kappa shape index (κ1) is 19.5. The van der Waals surface area contributed by atoms with E-state index >= 15 is 0 Å². The number of guanidine groups is 1. The second kappa shape index (κ2) is 8.93. The Labute approximate surface area is 151 Å². The van der Waals surface area contributed by atoms with Crippen LogP contribution < -0.4 is 10.6 Å². The summed E-state index contributed by atoms with van der Waals surface area (Å²) in [5.41, 5.74) is 0.414. The van der Waals surface area contributed by atoms with Crippen molar-refractivity contribution in [2.75, 3.05) is 26.7 Å². The topological polar surface area (TPSA) is 56.7 Å². The molecule has 0 aromatic rings. The average molecular weight is 422 g/mol. The molecular formula is C16H31IN4O. The van der Waals surface area contributed by atoms with Gasteiger partial charge in [0.1, 0.15) is 0 Å². The van der Waals surface area contributed by atoms with E-state index < -0.39 is 0 Å². The van der Waals surface area contributed by atoms with Gasteiger partial charge in [-0.2, -0.15) is 0 Å². The monoisotopic (exact) mass is 422 g/mol. The summed E-state index contributed by atoms with van der Waals surface area (Å²) in [5.74, 6) is 1.12. The molecule has 2 aliphatic rings. The molecule has 6 heteroatoms. The van der Waals surface area contributed by atoms with Crippen LogP contribution in [0.1, 0.15) is 52.4 Å². The third-order valence-corrected chi connectivity index (χ3v) is 4.90. The Morgan fingerprint density at radius 2 is 2.05 bits per heavy atom. The van der Waals surface area contributed by atoms with Crippen LogP contribution in [0.25, 0.3) is 0 Å². The van der Waals surface area contributed by atoms with E-state index in [1.807, 2.05) is 18.9 Å². The minimum Gasteiger partial charge on any atom is -0.356 e. The van der Waals surface area contributed by atoms with E-state index in [-0.39, 0.29) is 29.9 Å². The number of carbonyl (C=O) groups excluding carboxylic acids is 1. The molecule has 0 spiro atoms. The minimum atomic E-state index is 0. The molecule has 0 aromatic carbocycles. The lowest BCUT2D eigenvalue weighted by molar-refractivity contribution is -0.129. The predicted molar refractivity (Wildman–Crippen MR) is 102 cm³/mol. The molecular weight excluding hydrogens is 391 g/mol. The molecule has 1 aliphatic carbocycles.